The van der Waals surface area contributed by atoms with Gasteiger partial charge in [0.25, 0.3) is 5.91 Å². The summed E-state index contributed by atoms with van der Waals surface area (Å²) in [6, 6.07) is 10.2. The van der Waals surface area contributed by atoms with E-state index in [0.717, 1.165) is 17.7 Å². The maximum Gasteiger partial charge on any atom is 0.573 e. The number of carbonyl (C=O) groups excluding carboxylic acids is 3. The van der Waals surface area contributed by atoms with Gasteiger partial charge in [0, 0.05) is 30.8 Å². The molecule has 0 aliphatic carbocycles. The zero-order valence-electron chi connectivity index (χ0n) is 18.6. The maximum absolute atomic E-state index is 12.6. The molecular formula is C22H19F3N6O4S. The van der Waals surface area contributed by atoms with Crippen molar-refractivity contribution in [1.29, 1.82) is 0 Å². The summed E-state index contributed by atoms with van der Waals surface area (Å²) in [4.78, 5) is 44.1. The molecule has 0 saturated heterocycles. The lowest BCUT2D eigenvalue weighted by Crippen LogP contribution is -2.44. The molecule has 14 heteroatoms. The fraction of sp³-hybridized carbons (Fsp3) is 0.136. The molecule has 0 aliphatic heterocycles. The Morgan fingerprint density at radius 1 is 0.972 bits per heavy atom. The van der Waals surface area contributed by atoms with Crippen molar-refractivity contribution in [2.45, 2.75) is 24.1 Å². The van der Waals surface area contributed by atoms with Gasteiger partial charge < -0.3 is 15.4 Å². The molecular weight excluding hydrogens is 501 g/mol. The molecule has 4 amide bonds. The smallest absolute Gasteiger partial charge is 0.406 e. The van der Waals surface area contributed by atoms with Crippen LogP contribution in [0.25, 0.3) is 0 Å². The molecule has 0 radical (unpaired) electrons. The first-order valence-electron chi connectivity index (χ1n) is 10.1. The highest BCUT2D eigenvalue weighted by molar-refractivity contribution is 7.98. The van der Waals surface area contributed by atoms with E-state index in [1.54, 1.807) is 24.4 Å². The number of benzene rings is 1. The first-order valence-corrected chi connectivity index (χ1v) is 11.1. The van der Waals surface area contributed by atoms with Crippen LogP contribution in [0.3, 0.4) is 0 Å². The third-order valence-electron chi connectivity index (χ3n) is 4.16. The van der Waals surface area contributed by atoms with Crippen LogP contribution in [0.4, 0.5) is 29.5 Å². The Bertz CT molecular complexity index is 1240. The van der Waals surface area contributed by atoms with Crippen LogP contribution in [-0.2, 0) is 10.5 Å². The topological polar surface area (TPSA) is 134 Å². The average Bonchev–Trinajstić information content (AvgIpc) is 2.81. The van der Waals surface area contributed by atoms with Crippen molar-refractivity contribution >= 4 is 41.1 Å². The lowest BCUT2D eigenvalue weighted by Gasteiger charge is -2.12. The second kappa shape index (κ2) is 11.9. The van der Waals surface area contributed by atoms with Crippen molar-refractivity contribution < 1.29 is 32.3 Å². The van der Waals surface area contributed by atoms with Gasteiger partial charge in [0.1, 0.15) is 16.6 Å². The Labute approximate surface area is 207 Å². The van der Waals surface area contributed by atoms with Crippen LogP contribution in [0.5, 0.6) is 5.75 Å². The average molecular weight is 520 g/mol. The summed E-state index contributed by atoms with van der Waals surface area (Å²) in [6.45, 7) is 1.37. The first kappa shape index (κ1) is 26.3. The number of amides is 4. The highest BCUT2D eigenvalue weighted by Crippen LogP contribution is 2.25. The summed E-state index contributed by atoms with van der Waals surface area (Å²) < 4.78 is 40.4. The molecule has 0 spiro atoms. The third kappa shape index (κ3) is 8.47. The fourth-order valence-electron chi connectivity index (χ4n) is 2.73. The molecule has 0 unspecified atom stereocenters. The molecule has 2 heterocycles. The zero-order chi connectivity index (χ0) is 26.1. The predicted molar refractivity (Wildman–Crippen MR) is 125 cm³/mol. The van der Waals surface area contributed by atoms with Crippen molar-refractivity contribution in [3.05, 3.63) is 72.1 Å². The minimum absolute atomic E-state index is 0.171. The highest BCUT2D eigenvalue weighted by Gasteiger charge is 2.31. The van der Waals surface area contributed by atoms with Gasteiger partial charge in [0.15, 0.2) is 0 Å². The Balaban J connectivity index is 1.54. The van der Waals surface area contributed by atoms with Crippen molar-refractivity contribution in [3.63, 3.8) is 0 Å². The van der Waals surface area contributed by atoms with E-state index >= 15 is 0 Å². The first-order chi connectivity index (χ1) is 17.1. The molecule has 0 bridgehead atoms. The van der Waals surface area contributed by atoms with Gasteiger partial charge in [0.2, 0.25) is 5.91 Å². The quantitative estimate of drug-likeness (QED) is 0.272. The molecule has 188 valence electrons. The lowest BCUT2D eigenvalue weighted by atomic mass is 10.3. The molecule has 3 aromatic rings. The summed E-state index contributed by atoms with van der Waals surface area (Å²) >= 11 is 1.27. The van der Waals surface area contributed by atoms with E-state index in [4.69, 9.17) is 0 Å². The van der Waals surface area contributed by atoms with Gasteiger partial charge in [0.05, 0.1) is 5.56 Å². The lowest BCUT2D eigenvalue weighted by molar-refractivity contribution is -0.274. The third-order valence-corrected chi connectivity index (χ3v) is 5.23. The van der Waals surface area contributed by atoms with Crippen LogP contribution >= 0.6 is 11.8 Å². The maximum atomic E-state index is 12.6. The van der Waals surface area contributed by atoms with Gasteiger partial charge in [-0.25, -0.2) is 20.2 Å². The number of urea groups is 1. The van der Waals surface area contributed by atoms with E-state index in [9.17, 15) is 27.6 Å². The number of ether oxygens (including phenoxy) is 1. The summed E-state index contributed by atoms with van der Waals surface area (Å²) in [7, 11) is 0. The molecule has 0 atom stereocenters. The molecule has 1 aromatic carbocycles. The number of aromatic nitrogens is 2. The van der Waals surface area contributed by atoms with Crippen LogP contribution in [0.2, 0.25) is 0 Å². The Kier molecular flexibility index (Phi) is 8.67. The van der Waals surface area contributed by atoms with Crippen molar-refractivity contribution in [2.24, 2.45) is 0 Å². The minimum atomic E-state index is -4.83. The Morgan fingerprint density at radius 3 is 2.42 bits per heavy atom. The number of hydrazine groups is 1. The number of nitrogens with one attached hydrogen (secondary N) is 4. The Morgan fingerprint density at radius 2 is 1.72 bits per heavy atom. The van der Waals surface area contributed by atoms with Crippen LogP contribution < -0.4 is 26.2 Å². The minimum Gasteiger partial charge on any atom is -0.406 e. The summed E-state index contributed by atoms with van der Waals surface area (Å²) in [5, 5.41) is 5.35. The van der Waals surface area contributed by atoms with E-state index in [2.05, 4.69) is 36.2 Å². The van der Waals surface area contributed by atoms with Crippen molar-refractivity contribution in [1.82, 2.24) is 20.8 Å². The number of anilines is 2. The second-order valence-corrected chi connectivity index (χ2v) is 7.94. The SMILES string of the molecule is CC(=O)Nc1cc(CSc2ncccc2C(=O)NNC(=O)Nc2ccc(OC(F)(F)F)cc2)ccn1. The van der Waals surface area contributed by atoms with Gasteiger partial charge in [-0.05, 0) is 54.1 Å². The number of alkyl halides is 3. The molecule has 10 nitrogen and oxygen atoms in total. The summed E-state index contributed by atoms with van der Waals surface area (Å²) in [5.41, 5.74) is 5.61. The second-order valence-electron chi connectivity index (χ2n) is 6.98. The van der Waals surface area contributed by atoms with Crippen molar-refractivity contribution in [3.8, 4) is 5.75 Å². The monoisotopic (exact) mass is 520 g/mol. The molecule has 0 saturated carbocycles. The van der Waals surface area contributed by atoms with Crippen LogP contribution in [-0.4, -0.2) is 34.2 Å². The van der Waals surface area contributed by atoms with E-state index in [1.807, 2.05) is 0 Å². The summed E-state index contributed by atoms with van der Waals surface area (Å²) in [5.74, 6) is -0.504. The van der Waals surface area contributed by atoms with E-state index in [-0.39, 0.29) is 17.2 Å². The number of carbonyl (C=O) groups is 3. The number of thioether (sulfide) groups is 1. The predicted octanol–water partition coefficient (Wildman–Crippen LogP) is 4.09. The van der Waals surface area contributed by atoms with E-state index in [0.29, 0.717) is 16.6 Å². The van der Waals surface area contributed by atoms with Crippen LogP contribution in [0.1, 0.15) is 22.8 Å². The molecule has 2 aromatic heterocycles. The molecule has 0 fully saturated rings. The standard InChI is InChI=1S/C22H19F3N6O4S/c1-13(32)28-18-11-14(8-10-26-18)12-36-20-17(3-2-9-27-20)19(33)30-31-21(34)29-15-4-6-16(7-5-15)35-22(23,24)25/h2-11H,12H2,1H3,(H,30,33)(H,26,28,32)(H2,29,31,34). The van der Waals surface area contributed by atoms with Crippen molar-refractivity contribution in [2.75, 3.05) is 10.6 Å². The Hall–Kier alpha value is -4.33. The zero-order valence-corrected chi connectivity index (χ0v) is 19.4. The van der Waals surface area contributed by atoms with Gasteiger partial charge in [-0.3, -0.25) is 15.0 Å². The van der Waals surface area contributed by atoms with E-state index in [1.165, 1.54) is 43.1 Å². The number of pyridine rings is 2. The van der Waals surface area contributed by atoms with Crippen LogP contribution in [0, 0.1) is 0 Å². The molecule has 4 N–H and O–H groups in total. The number of halogens is 3. The number of rotatable bonds is 7. The fourth-order valence-corrected chi connectivity index (χ4v) is 3.66. The normalized spacial score (nSPS) is 10.8. The molecule has 36 heavy (non-hydrogen) atoms. The highest BCUT2D eigenvalue weighted by atomic mass is 32.2. The molecule has 3 rings (SSSR count). The number of nitrogens with zero attached hydrogens (tertiary/aromatic N) is 2. The number of hydrogen-bond donors (Lipinski definition) is 4. The van der Waals surface area contributed by atoms with Gasteiger partial charge in [-0.1, -0.05) is 0 Å². The van der Waals surface area contributed by atoms with Gasteiger partial charge >= 0.3 is 12.4 Å². The molecule has 0 aliphatic rings. The number of hydrogen-bond acceptors (Lipinski definition) is 7. The van der Waals surface area contributed by atoms with Gasteiger partial charge in [-0.15, -0.1) is 24.9 Å². The van der Waals surface area contributed by atoms with Crippen LogP contribution in [0.15, 0.2) is 66.0 Å². The van der Waals surface area contributed by atoms with Gasteiger partial charge in [-0.2, -0.15) is 0 Å². The largest absolute Gasteiger partial charge is 0.573 e. The van der Waals surface area contributed by atoms with E-state index < -0.39 is 24.1 Å². The summed E-state index contributed by atoms with van der Waals surface area (Å²) in [6.07, 6.45) is -1.76.